The average molecular weight is 628 g/mol. The van der Waals surface area contributed by atoms with Crippen molar-refractivity contribution in [1.29, 1.82) is 0 Å². The van der Waals surface area contributed by atoms with E-state index in [1.165, 1.54) is 0 Å². The van der Waals surface area contributed by atoms with E-state index < -0.39 is 0 Å². The minimum atomic E-state index is 0. The molecule has 169 valence electrons. The third-order valence-corrected chi connectivity index (χ3v) is 5.69. The van der Waals surface area contributed by atoms with Gasteiger partial charge in [-0.3, -0.25) is 0 Å². The van der Waals surface area contributed by atoms with Gasteiger partial charge < -0.3 is 4.98 Å². The molecule has 0 amide bonds. The summed E-state index contributed by atoms with van der Waals surface area (Å²) >= 11 is 0. The van der Waals surface area contributed by atoms with Crippen LogP contribution in [0.1, 0.15) is 0 Å². The molecule has 4 nitrogen and oxygen atoms in total. The van der Waals surface area contributed by atoms with Crippen LogP contribution in [0.25, 0.3) is 56.2 Å². The van der Waals surface area contributed by atoms with E-state index >= 15 is 0 Å². The quantitative estimate of drug-likeness (QED) is 0.200. The average Bonchev–Trinajstić information content (AvgIpc) is 2.93. The van der Waals surface area contributed by atoms with Gasteiger partial charge in [-0.1, -0.05) is 90.5 Å². The summed E-state index contributed by atoms with van der Waals surface area (Å²) in [5.41, 5.74) is 4.57. The Morgan fingerprint density at radius 3 is 1.77 bits per heavy atom. The largest absolute Gasteiger partial charge is 0.304 e. The van der Waals surface area contributed by atoms with E-state index in [1.807, 2.05) is 103 Å². The SMILES string of the molecule is [Ir].[c-]1ccc(-c2nc(-c3ccccc3)nc(-c3ccccc3)n2)cc1-c1nccc2ccccc12. The molecule has 0 unspecified atom stereocenters. The zero-order chi connectivity index (χ0) is 22.7. The van der Waals surface area contributed by atoms with Crippen molar-refractivity contribution in [2.45, 2.75) is 0 Å². The Labute approximate surface area is 217 Å². The monoisotopic (exact) mass is 628 g/mol. The Balaban J connectivity index is 0.00000253. The summed E-state index contributed by atoms with van der Waals surface area (Å²) in [4.78, 5) is 19.1. The number of rotatable bonds is 4. The maximum Gasteiger partial charge on any atom is 0.164 e. The third kappa shape index (κ3) is 4.65. The first-order valence-corrected chi connectivity index (χ1v) is 11.1. The first-order valence-electron chi connectivity index (χ1n) is 11.1. The summed E-state index contributed by atoms with van der Waals surface area (Å²) in [6, 6.07) is 39.5. The Morgan fingerprint density at radius 2 is 1.11 bits per heavy atom. The first-order chi connectivity index (χ1) is 16.8. The molecule has 0 atom stereocenters. The molecule has 0 aliphatic rings. The molecular weight excluding hydrogens is 609 g/mol. The van der Waals surface area contributed by atoms with Gasteiger partial charge in [0, 0.05) is 37.4 Å². The number of hydrogen-bond donors (Lipinski definition) is 0. The second kappa shape index (κ2) is 10.1. The normalized spacial score (nSPS) is 10.6. The molecule has 0 N–H and O–H groups in total. The van der Waals surface area contributed by atoms with E-state index in [4.69, 9.17) is 15.0 Å². The van der Waals surface area contributed by atoms with Crippen molar-refractivity contribution in [2.75, 3.05) is 0 Å². The van der Waals surface area contributed by atoms with Crippen LogP contribution in [-0.2, 0) is 20.1 Å². The van der Waals surface area contributed by atoms with Crippen molar-refractivity contribution < 1.29 is 20.1 Å². The Hall–Kier alpha value is -4.05. The van der Waals surface area contributed by atoms with Gasteiger partial charge >= 0.3 is 0 Å². The van der Waals surface area contributed by atoms with Gasteiger partial charge in [-0.05, 0) is 22.5 Å². The molecule has 2 heterocycles. The second-order valence-electron chi connectivity index (χ2n) is 7.91. The molecule has 6 rings (SSSR count). The minimum absolute atomic E-state index is 0. The molecule has 0 spiro atoms. The Kier molecular flexibility index (Phi) is 6.53. The van der Waals surface area contributed by atoms with Crippen LogP contribution >= 0.6 is 0 Å². The molecule has 2 aromatic heterocycles. The molecule has 0 bridgehead atoms. The number of nitrogens with zero attached hydrogens (tertiary/aromatic N) is 4. The van der Waals surface area contributed by atoms with E-state index in [-0.39, 0.29) is 20.1 Å². The van der Waals surface area contributed by atoms with Crippen molar-refractivity contribution in [2.24, 2.45) is 0 Å². The van der Waals surface area contributed by atoms with Crippen LogP contribution in [0, 0.1) is 6.07 Å². The third-order valence-electron chi connectivity index (χ3n) is 5.69. The van der Waals surface area contributed by atoms with Crippen molar-refractivity contribution >= 4 is 10.8 Å². The van der Waals surface area contributed by atoms with Crippen LogP contribution < -0.4 is 0 Å². The van der Waals surface area contributed by atoms with Gasteiger partial charge in [0.05, 0.1) is 0 Å². The maximum absolute atomic E-state index is 4.84. The van der Waals surface area contributed by atoms with Crippen molar-refractivity contribution in [3.63, 3.8) is 0 Å². The van der Waals surface area contributed by atoms with Gasteiger partial charge in [0.2, 0.25) is 0 Å². The molecular formula is C30H19IrN4-. The van der Waals surface area contributed by atoms with Crippen LogP contribution in [0.15, 0.2) is 115 Å². The van der Waals surface area contributed by atoms with Crippen LogP contribution in [0.5, 0.6) is 0 Å². The smallest absolute Gasteiger partial charge is 0.164 e. The summed E-state index contributed by atoms with van der Waals surface area (Å²) in [7, 11) is 0. The number of aromatic nitrogens is 4. The Bertz CT molecular complexity index is 1540. The molecule has 0 saturated heterocycles. The van der Waals surface area contributed by atoms with Gasteiger partial charge in [-0.15, -0.1) is 29.8 Å². The fourth-order valence-corrected chi connectivity index (χ4v) is 4.01. The predicted molar refractivity (Wildman–Crippen MR) is 136 cm³/mol. The van der Waals surface area contributed by atoms with E-state index in [0.717, 1.165) is 38.7 Å². The Morgan fingerprint density at radius 1 is 0.543 bits per heavy atom. The number of fused-ring (bicyclic) bond motifs is 1. The predicted octanol–water partition coefficient (Wildman–Crippen LogP) is 6.89. The molecule has 5 heteroatoms. The maximum atomic E-state index is 4.84. The fraction of sp³-hybridized carbons (Fsp3) is 0. The molecule has 0 saturated carbocycles. The van der Waals surface area contributed by atoms with Gasteiger partial charge in [-0.25, -0.2) is 15.0 Å². The number of hydrogen-bond acceptors (Lipinski definition) is 4. The molecule has 0 aliphatic heterocycles. The topological polar surface area (TPSA) is 51.6 Å². The summed E-state index contributed by atoms with van der Waals surface area (Å²) in [5, 5.41) is 2.23. The summed E-state index contributed by atoms with van der Waals surface area (Å²) in [5.74, 6) is 1.90. The van der Waals surface area contributed by atoms with Crippen LogP contribution in [-0.4, -0.2) is 19.9 Å². The van der Waals surface area contributed by atoms with E-state index in [2.05, 4.69) is 23.2 Å². The number of pyridine rings is 1. The van der Waals surface area contributed by atoms with Crippen LogP contribution in [0.3, 0.4) is 0 Å². The zero-order valence-corrected chi connectivity index (χ0v) is 21.0. The van der Waals surface area contributed by atoms with E-state index in [9.17, 15) is 0 Å². The van der Waals surface area contributed by atoms with Gasteiger partial charge in [0.1, 0.15) is 5.82 Å². The summed E-state index contributed by atoms with van der Waals surface area (Å²) in [6.45, 7) is 0. The minimum Gasteiger partial charge on any atom is -0.304 e. The van der Waals surface area contributed by atoms with Gasteiger partial charge in [0.15, 0.2) is 11.6 Å². The summed E-state index contributed by atoms with van der Waals surface area (Å²) < 4.78 is 0. The molecule has 6 aromatic rings. The molecule has 0 fully saturated rings. The number of benzene rings is 4. The molecule has 0 aliphatic carbocycles. The van der Waals surface area contributed by atoms with Crippen molar-refractivity contribution in [3.8, 4) is 45.4 Å². The van der Waals surface area contributed by atoms with Crippen molar-refractivity contribution in [1.82, 2.24) is 19.9 Å². The van der Waals surface area contributed by atoms with Crippen molar-refractivity contribution in [3.05, 3.63) is 121 Å². The standard InChI is InChI=1S/C30H19N4.Ir/c1-3-11-22(12-4-1)28-32-29(23-13-5-2-6-14-23)34-30(33-28)25-16-9-15-24(20-25)27-26-17-8-7-10-21(26)18-19-31-27;/h1-14,16-20H;/q-1;. The van der Waals surface area contributed by atoms with E-state index in [1.54, 1.807) is 0 Å². The molecule has 4 aromatic carbocycles. The molecule has 1 radical (unpaired) electrons. The van der Waals surface area contributed by atoms with E-state index in [0.29, 0.717) is 17.5 Å². The van der Waals surface area contributed by atoms with Gasteiger partial charge in [-0.2, -0.15) is 0 Å². The van der Waals surface area contributed by atoms with Crippen LogP contribution in [0.4, 0.5) is 0 Å². The zero-order valence-electron chi connectivity index (χ0n) is 18.6. The molecule has 35 heavy (non-hydrogen) atoms. The summed E-state index contributed by atoms with van der Waals surface area (Å²) in [6.07, 6.45) is 1.84. The fourth-order valence-electron chi connectivity index (χ4n) is 4.01. The first kappa shape index (κ1) is 22.7. The van der Waals surface area contributed by atoms with Gasteiger partial charge in [0.25, 0.3) is 0 Å². The van der Waals surface area contributed by atoms with Crippen LogP contribution in [0.2, 0.25) is 0 Å². The second-order valence-corrected chi connectivity index (χ2v) is 7.91.